The molecule has 0 amide bonds. The number of ether oxygens (including phenoxy) is 1. The van der Waals surface area contributed by atoms with Gasteiger partial charge in [-0.2, -0.15) is 0 Å². The zero-order valence-corrected chi connectivity index (χ0v) is 14.1. The maximum absolute atomic E-state index is 13.7. The van der Waals surface area contributed by atoms with Crippen molar-refractivity contribution in [3.63, 3.8) is 0 Å². The molecule has 0 aromatic heterocycles. The van der Waals surface area contributed by atoms with E-state index >= 15 is 0 Å². The number of methoxy groups -OCH3 is 1. The molecule has 0 heterocycles. The van der Waals surface area contributed by atoms with Crippen molar-refractivity contribution in [3.8, 4) is 5.75 Å². The zero-order valence-electron chi connectivity index (χ0n) is 11.8. The molecule has 0 saturated carbocycles. The average Bonchev–Trinajstić information content (AvgIpc) is 2.47. The van der Waals surface area contributed by atoms with Crippen LogP contribution in [-0.2, 0) is 0 Å². The van der Waals surface area contributed by atoms with E-state index in [0.29, 0.717) is 10.8 Å². The number of nitrogens with one attached hydrogen (secondary N) is 1. The smallest absolute Gasteiger partial charge is 0.124 e. The van der Waals surface area contributed by atoms with Crippen LogP contribution in [0.3, 0.4) is 0 Å². The Labute approximate surface area is 137 Å². The third-order valence-corrected chi connectivity index (χ3v) is 4.14. The standard InChI is InChI=1S/C16H16BrClFNO/c1-3-20-16(12-8-10(18)4-6-14(12)17)13-9-11(19)5-7-15(13)21-2/h4-9,16,20H,3H2,1-2H3. The summed E-state index contributed by atoms with van der Waals surface area (Å²) in [7, 11) is 1.58. The van der Waals surface area contributed by atoms with Gasteiger partial charge in [-0.25, -0.2) is 4.39 Å². The monoisotopic (exact) mass is 371 g/mol. The van der Waals surface area contributed by atoms with Crippen LogP contribution in [-0.4, -0.2) is 13.7 Å². The minimum atomic E-state index is -0.299. The van der Waals surface area contributed by atoms with E-state index in [1.54, 1.807) is 19.2 Å². The van der Waals surface area contributed by atoms with E-state index in [-0.39, 0.29) is 11.9 Å². The van der Waals surface area contributed by atoms with E-state index in [9.17, 15) is 4.39 Å². The number of rotatable bonds is 5. The summed E-state index contributed by atoms with van der Waals surface area (Å²) in [6, 6.07) is 9.84. The van der Waals surface area contributed by atoms with Gasteiger partial charge >= 0.3 is 0 Å². The molecule has 1 unspecified atom stereocenters. The van der Waals surface area contributed by atoms with Crippen LogP contribution in [0.5, 0.6) is 5.75 Å². The molecule has 0 saturated heterocycles. The molecule has 0 spiro atoms. The molecule has 0 aliphatic carbocycles. The molecule has 0 aliphatic heterocycles. The summed E-state index contributed by atoms with van der Waals surface area (Å²) in [6.45, 7) is 2.72. The molecule has 0 radical (unpaired) electrons. The maximum atomic E-state index is 13.7. The van der Waals surface area contributed by atoms with Crippen LogP contribution in [0.2, 0.25) is 5.02 Å². The molecular weight excluding hydrogens is 357 g/mol. The third-order valence-electron chi connectivity index (χ3n) is 3.18. The van der Waals surface area contributed by atoms with Crippen LogP contribution in [0, 0.1) is 5.82 Å². The molecule has 112 valence electrons. The largest absolute Gasteiger partial charge is 0.496 e. The number of hydrogen-bond donors (Lipinski definition) is 1. The zero-order chi connectivity index (χ0) is 15.4. The van der Waals surface area contributed by atoms with Crippen LogP contribution in [0.25, 0.3) is 0 Å². The van der Waals surface area contributed by atoms with Gasteiger partial charge in [0.2, 0.25) is 0 Å². The predicted octanol–water partition coefficient (Wildman–Crippen LogP) is 4.95. The van der Waals surface area contributed by atoms with E-state index in [1.807, 2.05) is 19.1 Å². The van der Waals surface area contributed by atoms with Crippen LogP contribution >= 0.6 is 27.5 Å². The van der Waals surface area contributed by atoms with Crippen LogP contribution in [0.1, 0.15) is 24.1 Å². The summed E-state index contributed by atoms with van der Waals surface area (Å²) in [5, 5.41) is 3.98. The molecule has 2 rings (SSSR count). The van der Waals surface area contributed by atoms with Crippen molar-refractivity contribution < 1.29 is 9.13 Å². The third kappa shape index (κ3) is 3.76. The summed E-state index contributed by atoms with van der Waals surface area (Å²) in [4.78, 5) is 0. The molecule has 1 N–H and O–H groups in total. The Hall–Kier alpha value is -1.10. The second kappa shape index (κ2) is 7.25. The van der Waals surface area contributed by atoms with Gasteiger partial charge in [0.1, 0.15) is 11.6 Å². The molecule has 5 heteroatoms. The number of hydrogen-bond acceptors (Lipinski definition) is 2. The molecular formula is C16H16BrClFNO. The van der Waals surface area contributed by atoms with E-state index in [0.717, 1.165) is 22.1 Å². The fourth-order valence-corrected chi connectivity index (χ4v) is 2.91. The Morgan fingerprint density at radius 2 is 2.00 bits per heavy atom. The Morgan fingerprint density at radius 1 is 1.24 bits per heavy atom. The van der Waals surface area contributed by atoms with Gasteiger partial charge in [-0.1, -0.05) is 34.5 Å². The van der Waals surface area contributed by atoms with Gasteiger partial charge in [0.15, 0.2) is 0 Å². The minimum Gasteiger partial charge on any atom is -0.496 e. The van der Waals surface area contributed by atoms with Gasteiger partial charge < -0.3 is 10.1 Å². The van der Waals surface area contributed by atoms with Crippen molar-refractivity contribution in [1.29, 1.82) is 0 Å². The highest BCUT2D eigenvalue weighted by molar-refractivity contribution is 9.10. The molecule has 0 bridgehead atoms. The highest BCUT2D eigenvalue weighted by atomic mass is 79.9. The van der Waals surface area contributed by atoms with Gasteiger partial charge in [0, 0.05) is 15.1 Å². The highest BCUT2D eigenvalue weighted by Crippen LogP contribution is 2.35. The van der Waals surface area contributed by atoms with Crippen LogP contribution in [0.4, 0.5) is 4.39 Å². The first-order valence-corrected chi connectivity index (χ1v) is 7.75. The first-order chi connectivity index (χ1) is 10.1. The van der Waals surface area contributed by atoms with Gasteiger partial charge in [0.25, 0.3) is 0 Å². The molecule has 0 fully saturated rings. The maximum Gasteiger partial charge on any atom is 0.124 e. The van der Waals surface area contributed by atoms with Crippen LogP contribution in [0.15, 0.2) is 40.9 Å². The second-order valence-corrected chi connectivity index (χ2v) is 5.83. The van der Waals surface area contributed by atoms with Crippen molar-refractivity contribution in [3.05, 3.63) is 62.8 Å². The Morgan fingerprint density at radius 3 is 2.67 bits per heavy atom. The fraction of sp³-hybridized carbons (Fsp3) is 0.250. The molecule has 1 atom stereocenters. The van der Waals surface area contributed by atoms with Gasteiger partial charge in [-0.3, -0.25) is 0 Å². The molecule has 2 nitrogen and oxygen atoms in total. The predicted molar refractivity (Wildman–Crippen MR) is 87.6 cm³/mol. The van der Waals surface area contributed by atoms with Crippen molar-refractivity contribution in [2.24, 2.45) is 0 Å². The van der Waals surface area contributed by atoms with Gasteiger partial charge in [0.05, 0.1) is 13.2 Å². The van der Waals surface area contributed by atoms with Crippen molar-refractivity contribution >= 4 is 27.5 Å². The topological polar surface area (TPSA) is 21.3 Å². The van der Waals surface area contributed by atoms with E-state index in [4.69, 9.17) is 16.3 Å². The van der Waals surface area contributed by atoms with E-state index in [2.05, 4.69) is 21.2 Å². The van der Waals surface area contributed by atoms with Crippen LogP contribution < -0.4 is 10.1 Å². The Bertz CT molecular complexity index is 636. The lowest BCUT2D eigenvalue weighted by atomic mass is 9.97. The lowest BCUT2D eigenvalue weighted by molar-refractivity contribution is 0.402. The first kappa shape index (κ1) is 16.3. The number of halogens is 3. The Balaban J connectivity index is 2.58. The molecule has 21 heavy (non-hydrogen) atoms. The van der Waals surface area contributed by atoms with Gasteiger partial charge in [-0.05, 0) is 48.5 Å². The summed E-state index contributed by atoms with van der Waals surface area (Å²) >= 11 is 9.63. The van der Waals surface area contributed by atoms with Gasteiger partial charge in [-0.15, -0.1) is 0 Å². The fourth-order valence-electron chi connectivity index (χ4n) is 2.26. The molecule has 0 aliphatic rings. The summed E-state index contributed by atoms with van der Waals surface area (Å²) in [6.07, 6.45) is 0. The minimum absolute atomic E-state index is 0.214. The lowest BCUT2D eigenvalue weighted by Gasteiger charge is -2.22. The van der Waals surface area contributed by atoms with Crippen molar-refractivity contribution in [2.75, 3.05) is 13.7 Å². The summed E-state index contributed by atoms with van der Waals surface area (Å²) in [5.41, 5.74) is 1.68. The van der Waals surface area contributed by atoms with E-state index < -0.39 is 0 Å². The van der Waals surface area contributed by atoms with Crippen molar-refractivity contribution in [2.45, 2.75) is 13.0 Å². The lowest BCUT2D eigenvalue weighted by Crippen LogP contribution is -2.23. The quantitative estimate of drug-likeness (QED) is 0.802. The highest BCUT2D eigenvalue weighted by Gasteiger charge is 2.20. The molecule has 2 aromatic carbocycles. The second-order valence-electron chi connectivity index (χ2n) is 4.54. The van der Waals surface area contributed by atoms with E-state index in [1.165, 1.54) is 12.1 Å². The summed E-state index contributed by atoms with van der Waals surface area (Å²) < 4.78 is 19.9. The first-order valence-electron chi connectivity index (χ1n) is 6.58. The Kier molecular flexibility index (Phi) is 5.62. The number of benzene rings is 2. The summed E-state index contributed by atoms with van der Waals surface area (Å²) in [5.74, 6) is 0.334. The SMILES string of the molecule is CCNC(c1cc(Cl)ccc1Br)c1cc(F)ccc1OC. The average molecular weight is 373 g/mol. The van der Waals surface area contributed by atoms with Crippen molar-refractivity contribution in [1.82, 2.24) is 5.32 Å². The normalized spacial score (nSPS) is 12.2. The molecule has 2 aromatic rings.